The molecule has 0 bridgehead atoms. The summed E-state index contributed by atoms with van der Waals surface area (Å²) >= 11 is 0. The van der Waals surface area contributed by atoms with Gasteiger partial charge in [-0.1, -0.05) is 48.9 Å². The van der Waals surface area contributed by atoms with Gasteiger partial charge in [-0.2, -0.15) is 0 Å². The second-order valence-electron chi connectivity index (χ2n) is 6.85. The molecule has 1 heterocycles. The lowest BCUT2D eigenvalue weighted by molar-refractivity contribution is -0.133. The zero-order valence-corrected chi connectivity index (χ0v) is 16.1. The van der Waals surface area contributed by atoms with Crippen molar-refractivity contribution in [1.82, 2.24) is 4.90 Å². The first-order valence-corrected chi connectivity index (χ1v) is 10.7. The highest BCUT2D eigenvalue weighted by atomic mass is 32.2. The molecule has 1 aliphatic heterocycles. The summed E-state index contributed by atoms with van der Waals surface area (Å²) in [4.78, 5) is 14.9. The van der Waals surface area contributed by atoms with E-state index in [1.165, 1.54) is 16.7 Å². The third-order valence-corrected chi connectivity index (χ3v) is 6.78. The summed E-state index contributed by atoms with van der Waals surface area (Å²) < 4.78 is 24.9. The topological polar surface area (TPSA) is 54.5 Å². The number of aryl methyl sites for hydroxylation is 1. The van der Waals surface area contributed by atoms with Crippen LogP contribution in [0.1, 0.15) is 42.5 Å². The van der Waals surface area contributed by atoms with Gasteiger partial charge >= 0.3 is 0 Å². The second kappa shape index (κ2) is 7.62. The summed E-state index contributed by atoms with van der Waals surface area (Å²) in [6.07, 6.45) is 1.67. The fourth-order valence-electron chi connectivity index (χ4n) is 3.69. The Labute approximate surface area is 155 Å². The lowest BCUT2D eigenvalue weighted by Gasteiger charge is -2.37. The van der Waals surface area contributed by atoms with Gasteiger partial charge in [-0.25, -0.2) is 8.42 Å². The minimum Gasteiger partial charge on any atom is -0.335 e. The highest BCUT2D eigenvalue weighted by Gasteiger charge is 2.30. The van der Waals surface area contributed by atoms with Gasteiger partial charge in [0.15, 0.2) is 9.84 Å². The van der Waals surface area contributed by atoms with Crippen LogP contribution in [0.15, 0.2) is 53.4 Å². The van der Waals surface area contributed by atoms with E-state index in [9.17, 15) is 13.2 Å². The van der Waals surface area contributed by atoms with Gasteiger partial charge in [0.1, 0.15) is 0 Å². The van der Waals surface area contributed by atoms with Gasteiger partial charge in [0.25, 0.3) is 0 Å². The Morgan fingerprint density at radius 2 is 1.88 bits per heavy atom. The number of carbonyl (C=O) groups is 1. The van der Waals surface area contributed by atoms with E-state index in [1.807, 2.05) is 4.90 Å². The van der Waals surface area contributed by atoms with Crippen molar-refractivity contribution in [2.75, 3.05) is 12.3 Å². The van der Waals surface area contributed by atoms with Crippen molar-refractivity contribution < 1.29 is 13.2 Å². The van der Waals surface area contributed by atoms with Crippen LogP contribution in [0.5, 0.6) is 0 Å². The van der Waals surface area contributed by atoms with E-state index < -0.39 is 9.84 Å². The predicted molar refractivity (Wildman–Crippen MR) is 103 cm³/mol. The standard InChI is InChI=1S/C21H25NO3S/c1-3-20-19-10-9-16(2)15-17(19)11-13-22(20)21(23)12-14-26(24,25)18-7-5-4-6-8-18/h4-10,15,20H,3,11-14H2,1-2H3. The van der Waals surface area contributed by atoms with Crippen LogP contribution in [0.2, 0.25) is 0 Å². The molecular formula is C21H25NO3S. The summed E-state index contributed by atoms with van der Waals surface area (Å²) in [5, 5.41) is 0. The predicted octanol–water partition coefficient (Wildman–Crippen LogP) is 3.69. The van der Waals surface area contributed by atoms with Gasteiger partial charge in [0, 0.05) is 13.0 Å². The first-order valence-electron chi connectivity index (χ1n) is 9.09. The summed E-state index contributed by atoms with van der Waals surface area (Å²) in [5.74, 6) is -0.230. The number of sulfone groups is 1. The zero-order valence-electron chi connectivity index (χ0n) is 15.3. The molecule has 4 nitrogen and oxygen atoms in total. The fraction of sp³-hybridized carbons (Fsp3) is 0.381. The van der Waals surface area contributed by atoms with Gasteiger partial charge in [-0.15, -0.1) is 0 Å². The SMILES string of the molecule is CCC1c2ccc(C)cc2CCN1C(=O)CCS(=O)(=O)c1ccccc1. The van der Waals surface area contributed by atoms with E-state index in [2.05, 4.69) is 32.0 Å². The molecule has 0 fully saturated rings. The minimum absolute atomic E-state index is 0.0227. The molecule has 2 aromatic carbocycles. The molecule has 26 heavy (non-hydrogen) atoms. The Hall–Kier alpha value is -2.14. The van der Waals surface area contributed by atoms with Gasteiger partial charge in [0.2, 0.25) is 5.91 Å². The molecule has 0 aliphatic carbocycles. The van der Waals surface area contributed by atoms with Crippen LogP contribution in [-0.4, -0.2) is 31.5 Å². The molecule has 1 atom stereocenters. The normalized spacial score (nSPS) is 17.0. The monoisotopic (exact) mass is 371 g/mol. The molecule has 5 heteroatoms. The van der Waals surface area contributed by atoms with Crippen molar-refractivity contribution in [3.63, 3.8) is 0 Å². The Morgan fingerprint density at radius 1 is 1.15 bits per heavy atom. The summed E-state index contributed by atoms with van der Waals surface area (Å²) in [7, 11) is -3.43. The van der Waals surface area contributed by atoms with Crippen LogP contribution in [0.4, 0.5) is 0 Å². The highest BCUT2D eigenvalue weighted by Crippen LogP contribution is 2.33. The Balaban J connectivity index is 1.73. The maximum Gasteiger partial charge on any atom is 0.224 e. The van der Waals surface area contributed by atoms with Crippen molar-refractivity contribution in [1.29, 1.82) is 0 Å². The third kappa shape index (κ3) is 3.83. The zero-order chi connectivity index (χ0) is 18.7. The number of hydrogen-bond donors (Lipinski definition) is 0. The average molecular weight is 372 g/mol. The summed E-state index contributed by atoms with van der Waals surface area (Å²) in [6, 6.07) is 14.8. The molecule has 0 aromatic heterocycles. The number of nitrogens with zero attached hydrogens (tertiary/aromatic N) is 1. The van der Waals surface area contributed by atoms with Crippen LogP contribution in [0, 0.1) is 6.92 Å². The molecule has 1 aliphatic rings. The molecule has 0 saturated heterocycles. The molecule has 0 saturated carbocycles. The molecule has 0 radical (unpaired) electrons. The molecular weight excluding hydrogens is 346 g/mol. The lowest BCUT2D eigenvalue weighted by atomic mass is 9.89. The van der Waals surface area contributed by atoms with Crippen molar-refractivity contribution >= 4 is 15.7 Å². The summed E-state index contributed by atoms with van der Waals surface area (Å²) in [5.41, 5.74) is 3.73. The molecule has 0 N–H and O–H groups in total. The molecule has 138 valence electrons. The molecule has 2 aromatic rings. The highest BCUT2D eigenvalue weighted by molar-refractivity contribution is 7.91. The van der Waals surface area contributed by atoms with Crippen LogP contribution in [0.3, 0.4) is 0 Å². The van der Waals surface area contributed by atoms with E-state index in [0.29, 0.717) is 6.54 Å². The number of rotatable bonds is 5. The first kappa shape index (κ1) is 18.6. The van der Waals surface area contributed by atoms with Crippen molar-refractivity contribution in [2.45, 2.75) is 44.0 Å². The van der Waals surface area contributed by atoms with Gasteiger partial charge in [-0.3, -0.25) is 4.79 Å². The van der Waals surface area contributed by atoms with E-state index in [0.717, 1.165) is 12.8 Å². The molecule has 1 unspecified atom stereocenters. The molecule has 3 rings (SSSR count). The van der Waals surface area contributed by atoms with Crippen molar-refractivity contribution in [2.24, 2.45) is 0 Å². The molecule has 1 amide bonds. The Kier molecular flexibility index (Phi) is 5.47. The minimum atomic E-state index is -3.43. The summed E-state index contributed by atoms with van der Waals surface area (Å²) in [6.45, 7) is 4.80. The van der Waals surface area contributed by atoms with Gasteiger partial charge in [-0.05, 0) is 43.0 Å². The van der Waals surface area contributed by atoms with Crippen LogP contribution in [0.25, 0.3) is 0 Å². The van der Waals surface area contributed by atoms with Gasteiger partial charge in [0.05, 0.1) is 16.7 Å². The maximum absolute atomic E-state index is 12.8. The maximum atomic E-state index is 12.8. The number of benzene rings is 2. The lowest BCUT2D eigenvalue weighted by Crippen LogP contribution is -2.40. The number of amides is 1. The fourth-order valence-corrected chi connectivity index (χ4v) is 4.94. The third-order valence-electron chi connectivity index (χ3n) is 5.05. The number of fused-ring (bicyclic) bond motifs is 1. The van der Waals surface area contributed by atoms with Crippen molar-refractivity contribution in [3.05, 3.63) is 65.2 Å². The van der Waals surface area contributed by atoms with E-state index in [4.69, 9.17) is 0 Å². The first-order chi connectivity index (χ1) is 12.4. The van der Waals surface area contributed by atoms with Crippen LogP contribution in [-0.2, 0) is 21.1 Å². The Bertz CT molecular complexity index is 891. The Morgan fingerprint density at radius 3 is 2.58 bits per heavy atom. The van der Waals surface area contributed by atoms with Crippen molar-refractivity contribution in [3.8, 4) is 0 Å². The second-order valence-corrected chi connectivity index (χ2v) is 8.95. The van der Waals surface area contributed by atoms with E-state index in [1.54, 1.807) is 30.3 Å². The van der Waals surface area contributed by atoms with E-state index in [-0.39, 0.29) is 29.0 Å². The van der Waals surface area contributed by atoms with E-state index >= 15 is 0 Å². The number of hydrogen-bond acceptors (Lipinski definition) is 3. The smallest absolute Gasteiger partial charge is 0.224 e. The largest absolute Gasteiger partial charge is 0.335 e. The molecule has 0 spiro atoms. The number of carbonyl (C=O) groups excluding carboxylic acids is 1. The van der Waals surface area contributed by atoms with Gasteiger partial charge < -0.3 is 4.90 Å². The van der Waals surface area contributed by atoms with Crippen LogP contribution >= 0.6 is 0 Å². The quantitative estimate of drug-likeness (QED) is 0.805. The van der Waals surface area contributed by atoms with Crippen LogP contribution < -0.4 is 0 Å². The average Bonchev–Trinajstić information content (AvgIpc) is 2.65.